The highest BCUT2D eigenvalue weighted by Gasteiger charge is 2.14. The first kappa shape index (κ1) is 9.10. The topological polar surface area (TPSA) is 17.1 Å². The molecule has 0 spiro atoms. The molecule has 0 heterocycles. The average Bonchev–Trinajstić information content (AvgIpc) is 1.64. The van der Waals surface area contributed by atoms with Crippen molar-refractivity contribution in [1.29, 1.82) is 0 Å². The molecule has 0 aromatic heterocycles. The van der Waals surface area contributed by atoms with Crippen molar-refractivity contribution < 1.29 is 4.79 Å². The third-order valence-corrected chi connectivity index (χ3v) is 3.94. The van der Waals surface area contributed by atoms with Gasteiger partial charge in [-0.2, -0.15) is 0 Å². The number of rotatable bonds is 3. The summed E-state index contributed by atoms with van der Waals surface area (Å²) in [5.41, 5.74) is 1.11. The molecule has 0 aromatic rings. The molecule has 0 amide bonds. The molecule has 0 aliphatic rings. The number of carbonyl (C=O) groups is 1. The molecular weight excluding hydrogens is 131 g/mol. The number of carbonyl (C=O) groups excluding carboxylic acids is 1. The van der Waals surface area contributed by atoms with Crippen molar-refractivity contribution in [2.45, 2.75) is 39.0 Å². The van der Waals surface area contributed by atoms with E-state index in [0.717, 1.165) is 6.03 Å². The van der Waals surface area contributed by atoms with E-state index in [4.69, 9.17) is 0 Å². The Balaban J connectivity index is 3.82. The first-order valence-corrected chi connectivity index (χ1v) is 4.87. The second-order valence-corrected chi connectivity index (χ2v) is 5.91. The predicted molar refractivity (Wildman–Crippen MR) is 43.9 cm³/mol. The molecule has 0 saturated carbocycles. The maximum Gasteiger partial charge on any atom is 0.142 e. The molecule has 0 radical (unpaired) electrons. The summed E-state index contributed by atoms with van der Waals surface area (Å²) in [4.78, 5) is 10.4. The van der Waals surface area contributed by atoms with Crippen molar-refractivity contribution in [3.63, 3.8) is 0 Å². The van der Waals surface area contributed by atoms with E-state index in [1.807, 2.05) is 0 Å². The van der Waals surface area contributed by atoms with Gasteiger partial charge in [0.2, 0.25) is 0 Å². The third kappa shape index (κ3) is 2.95. The summed E-state index contributed by atoms with van der Waals surface area (Å²) in [5.74, 6) is 0. The van der Waals surface area contributed by atoms with Crippen LogP contribution < -0.4 is 0 Å². The Bertz CT molecular complexity index is 80.9. The predicted octanol–water partition coefficient (Wildman–Crippen LogP) is 2.48. The number of hydrogen-bond donors (Lipinski definition) is 0. The van der Waals surface area contributed by atoms with Crippen molar-refractivity contribution in [3.8, 4) is 0 Å². The summed E-state index contributed by atoms with van der Waals surface area (Å²) in [6, 6.07) is 1.13. The SMILES string of the molecule is CC(C)P(C=O)C(C)C. The van der Waals surface area contributed by atoms with E-state index >= 15 is 0 Å². The lowest BCUT2D eigenvalue weighted by atomic mass is 10.5. The van der Waals surface area contributed by atoms with Crippen LogP contribution in [0.25, 0.3) is 0 Å². The van der Waals surface area contributed by atoms with Crippen LogP contribution in [0, 0.1) is 0 Å². The third-order valence-electron chi connectivity index (χ3n) is 1.31. The average molecular weight is 146 g/mol. The van der Waals surface area contributed by atoms with E-state index < -0.39 is 0 Å². The van der Waals surface area contributed by atoms with Gasteiger partial charge in [-0.25, -0.2) is 0 Å². The van der Waals surface area contributed by atoms with Gasteiger partial charge in [0, 0.05) is 0 Å². The fourth-order valence-electron chi connectivity index (χ4n) is 0.840. The summed E-state index contributed by atoms with van der Waals surface area (Å²) in [6.07, 6.45) is 0. The zero-order valence-corrected chi connectivity index (χ0v) is 7.48. The van der Waals surface area contributed by atoms with Crippen molar-refractivity contribution in [1.82, 2.24) is 0 Å². The minimum absolute atomic E-state index is 0.357. The molecule has 0 atom stereocenters. The molecular formula is C7H15OP. The second kappa shape index (κ2) is 4.00. The van der Waals surface area contributed by atoms with E-state index in [-0.39, 0.29) is 7.92 Å². The van der Waals surface area contributed by atoms with E-state index in [9.17, 15) is 4.79 Å². The summed E-state index contributed by atoms with van der Waals surface area (Å²) < 4.78 is 0. The highest BCUT2D eigenvalue weighted by atomic mass is 31.1. The molecule has 0 aliphatic carbocycles. The van der Waals surface area contributed by atoms with Gasteiger partial charge < -0.3 is 0 Å². The smallest absolute Gasteiger partial charge is 0.142 e. The van der Waals surface area contributed by atoms with Gasteiger partial charge in [-0.15, -0.1) is 0 Å². The van der Waals surface area contributed by atoms with Gasteiger partial charge in [0.1, 0.15) is 6.03 Å². The monoisotopic (exact) mass is 146 g/mol. The molecule has 0 aromatic carbocycles. The standard InChI is InChI=1S/C7H15OP/c1-6(2)9(5-8)7(3)4/h5-7H,1-4H3. The Morgan fingerprint density at radius 3 is 1.44 bits per heavy atom. The lowest BCUT2D eigenvalue weighted by Crippen LogP contribution is -2.03. The maximum absolute atomic E-state index is 10.4. The van der Waals surface area contributed by atoms with E-state index in [1.54, 1.807) is 0 Å². The van der Waals surface area contributed by atoms with Crippen LogP contribution in [0.4, 0.5) is 0 Å². The minimum atomic E-state index is -0.357. The van der Waals surface area contributed by atoms with Gasteiger partial charge in [0.05, 0.1) is 0 Å². The van der Waals surface area contributed by atoms with Crippen LogP contribution in [0.5, 0.6) is 0 Å². The van der Waals surface area contributed by atoms with Crippen molar-refractivity contribution in [2.75, 3.05) is 0 Å². The summed E-state index contributed by atoms with van der Waals surface area (Å²) in [6.45, 7) is 8.44. The van der Waals surface area contributed by atoms with E-state index in [2.05, 4.69) is 27.7 Å². The maximum atomic E-state index is 10.4. The fraction of sp³-hybridized carbons (Fsp3) is 0.857. The van der Waals surface area contributed by atoms with Crippen LogP contribution in [-0.2, 0) is 4.79 Å². The number of hydrogen-bond acceptors (Lipinski definition) is 1. The normalized spacial score (nSPS) is 11.4. The van der Waals surface area contributed by atoms with Gasteiger partial charge in [0.25, 0.3) is 0 Å². The molecule has 0 bridgehead atoms. The van der Waals surface area contributed by atoms with Gasteiger partial charge in [-0.1, -0.05) is 27.7 Å². The van der Waals surface area contributed by atoms with Crippen LogP contribution in [0.3, 0.4) is 0 Å². The summed E-state index contributed by atoms with van der Waals surface area (Å²) >= 11 is 0. The van der Waals surface area contributed by atoms with Gasteiger partial charge >= 0.3 is 0 Å². The molecule has 0 aliphatic heterocycles. The Labute approximate surface area is 58.6 Å². The zero-order chi connectivity index (χ0) is 7.44. The van der Waals surface area contributed by atoms with Gasteiger partial charge in [-0.05, 0) is 19.2 Å². The van der Waals surface area contributed by atoms with Gasteiger partial charge in [0.15, 0.2) is 0 Å². The lowest BCUT2D eigenvalue weighted by molar-refractivity contribution is 0.568. The molecule has 0 fully saturated rings. The van der Waals surface area contributed by atoms with Crippen LogP contribution in [0.1, 0.15) is 27.7 Å². The Kier molecular flexibility index (Phi) is 4.05. The quantitative estimate of drug-likeness (QED) is 0.441. The Hall–Kier alpha value is 0.100. The molecule has 9 heavy (non-hydrogen) atoms. The lowest BCUT2D eigenvalue weighted by Gasteiger charge is -2.17. The molecule has 0 rings (SSSR count). The molecule has 54 valence electrons. The fourth-order valence-corrected chi connectivity index (χ4v) is 2.52. The van der Waals surface area contributed by atoms with Crippen LogP contribution in [0.2, 0.25) is 0 Å². The highest BCUT2D eigenvalue weighted by Crippen LogP contribution is 2.42. The molecule has 0 unspecified atom stereocenters. The van der Waals surface area contributed by atoms with Crippen LogP contribution in [0.15, 0.2) is 0 Å². The second-order valence-electron chi connectivity index (χ2n) is 2.74. The van der Waals surface area contributed by atoms with Crippen molar-refractivity contribution in [2.24, 2.45) is 0 Å². The molecule has 1 nitrogen and oxygen atoms in total. The zero-order valence-electron chi connectivity index (χ0n) is 6.59. The Morgan fingerprint density at radius 1 is 1.11 bits per heavy atom. The summed E-state index contributed by atoms with van der Waals surface area (Å²) in [5, 5.41) is 0. The Morgan fingerprint density at radius 2 is 1.44 bits per heavy atom. The first-order valence-electron chi connectivity index (χ1n) is 3.32. The molecule has 0 saturated heterocycles. The van der Waals surface area contributed by atoms with E-state index in [0.29, 0.717) is 11.3 Å². The summed E-state index contributed by atoms with van der Waals surface area (Å²) in [7, 11) is -0.357. The van der Waals surface area contributed by atoms with Gasteiger partial charge in [-0.3, -0.25) is 4.79 Å². The largest absolute Gasteiger partial charge is 0.298 e. The first-order chi connectivity index (χ1) is 4.09. The highest BCUT2D eigenvalue weighted by molar-refractivity contribution is 7.73. The van der Waals surface area contributed by atoms with Crippen molar-refractivity contribution >= 4 is 13.9 Å². The van der Waals surface area contributed by atoms with Crippen LogP contribution in [-0.4, -0.2) is 17.3 Å². The molecule has 0 N–H and O–H groups in total. The van der Waals surface area contributed by atoms with E-state index in [1.165, 1.54) is 0 Å². The van der Waals surface area contributed by atoms with Crippen molar-refractivity contribution in [3.05, 3.63) is 0 Å². The van der Waals surface area contributed by atoms with Crippen LogP contribution >= 0.6 is 7.92 Å². The molecule has 2 heteroatoms. The minimum Gasteiger partial charge on any atom is -0.298 e.